The number of nitrogens with zero attached hydrogens (tertiary/aromatic N) is 1. The predicted octanol–water partition coefficient (Wildman–Crippen LogP) is 1.63. The Labute approximate surface area is 83.4 Å². The standard InChI is InChI=1S/C10H16N2S/c1-12-6-3-8-4-7-13-10(8)9(12)2-5-11/h4,7,9H,2-3,5-6,11H2,1H3. The molecule has 0 amide bonds. The molecule has 0 radical (unpaired) electrons. The van der Waals surface area contributed by atoms with Gasteiger partial charge in [-0.2, -0.15) is 0 Å². The summed E-state index contributed by atoms with van der Waals surface area (Å²) in [5, 5.41) is 2.20. The Morgan fingerprint density at radius 2 is 2.54 bits per heavy atom. The van der Waals surface area contributed by atoms with E-state index in [0.717, 1.165) is 13.0 Å². The van der Waals surface area contributed by atoms with Gasteiger partial charge in [-0.05, 0) is 43.4 Å². The molecular weight excluding hydrogens is 180 g/mol. The number of rotatable bonds is 2. The molecule has 0 spiro atoms. The van der Waals surface area contributed by atoms with Gasteiger partial charge in [0.05, 0.1) is 0 Å². The summed E-state index contributed by atoms with van der Waals surface area (Å²) in [6.45, 7) is 1.96. The van der Waals surface area contributed by atoms with Crippen molar-refractivity contribution in [3.63, 3.8) is 0 Å². The topological polar surface area (TPSA) is 29.3 Å². The molecule has 1 aromatic rings. The molecule has 2 N–H and O–H groups in total. The van der Waals surface area contributed by atoms with Crippen molar-refractivity contribution in [1.82, 2.24) is 4.90 Å². The lowest BCUT2D eigenvalue weighted by Crippen LogP contribution is -2.32. The number of hydrogen-bond donors (Lipinski definition) is 1. The molecule has 1 aromatic heterocycles. The van der Waals surface area contributed by atoms with Crippen LogP contribution in [-0.4, -0.2) is 25.0 Å². The van der Waals surface area contributed by atoms with Gasteiger partial charge in [0.2, 0.25) is 0 Å². The Morgan fingerprint density at radius 3 is 3.31 bits per heavy atom. The fourth-order valence-electron chi connectivity index (χ4n) is 2.01. The van der Waals surface area contributed by atoms with Crippen LogP contribution in [-0.2, 0) is 6.42 Å². The molecule has 1 atom stereocenters. The number of nitrogens with two attached hydrogens (primary N) is 1. The lowest BCUT2D eigenvalue weighted by atomic mass is 10.00. The molecule has 2 rings (SSSR count). The second-order valence-electron chi connectivity index (χ2n) is 3.63. The molecule has 1 aliphatic rings. The molecule has 3 heteroatoms. The van der Waals surface area contributed by atoms with Crippen molar-refractivity contribution in [1.29, 1.82) is 0 Å². The SMILES string of the molecule is CN1CCc2ccsc2C1CCN. The van der Waals surface area contributed by atoms with Gasteiger partial charge in [-0.1, -0.05) is 0 Å². The smallest absolute Gasteiger partial charge is 0.0453 e. The molecule has 1 unspecified atom stereocenters. The fourth-order valence-corrected chi connectivity index (χ4v) is 3.16. The Balaban J connectivity index is 2.25. The van der Waals surface area contributed by atoms with E-state index in [-0.39, 0.29) is 0 Å². The molecule has 72 valence electrons. The van der Waals surface area contributed by atoms with Crippen molar-refractivity contribution in [3.05, 3.63) is 21.9 Å². The van der Waals surface area contributed by atoms with E-state index >= 15 is 0 Å². The van der Waals surface area contributed by atoms with Gasteiger partial charge in [-0.3, -0.25) is 4.90 Å². The third kappa shape index (κ3) is 1.64. The van der Waals surface area contributed by atoms with E-state index in [2.05, 4.69) is 23.4 Å². The van der Waals surface area contributed by atoms with Crippen LogP contribution >= 0.6 is 11.3 Å². The Bertz CT molecular complexity index is 282. The molecular formula is C10H16N2S. The van der Waals surface area contributed by atoms with Gasteiger partial charge in [0, 0.05) is 17.5 Å². The first-order valence-corrected chi connectivity index (χ1v) is 5.67. The number of hydrogen-bond acceptors (Lipinski definition) is 3. The summed E-state index contributed by atoms with van der Waals surface area (Å²) < 4.78 is 0. The normalized spacial score (nSPS) is 23.1. The first-order valence-electron chi connectivity index (χ1n) is 4.79. The van der Waals surface area contributed by atoms with Gasteiger partial charge in [0.25, 0.3) is 0 Å². The third-order valence-electron chi connectivity index (χ3n) is 2.79. The summed E-state index contributed by atoms with van der Waals surface area (Å²) >= 11 is 1.88. The summed E-state index contributed by atoms with van der Waals surface area (Å²) in [6, 6.07) is 2.84. The zero-order valence-corrected chi connectivity index (χ0v) is 8.81. The van der Waals surface area contributed by atoms with Crippen molar-refractivity contribution in [3.8, 4) is 0 Å². The lowest BCUT2D eigenvalue weighted by Gasteiger charge is -2.32. The van der Waals surface area contributed by atoms with Gasteiger partial charge >= 0.3 is 0 Å². The highest BCUT2D eigenvalue weighted by Gasteiger charge is 2.24. The van der Waals surface area contributed by atoms with E-state index in [1.54, 1.807) is 10.4 Å². The highest BCUT2D eigenvalue weighted by atomic mass is 32.1. The average Bonchev–Trinajstić information content (AvgIpc) is 2.58. The third-order valence-corrected chi connectivity index (χ3v) is 3.85. The summed E-state index contributed by atoms with van der Waals surface area (Å²) in [6.07, 6.45) is 2.29. The molecule has 2 nitrogen and oxygen atoms in total. The molecule has 0 saturated carbocycles. The van der Waals surface area contributed by atoms with E-state index in [9.17, 15) is 0 Å². The Morgan fingerprint density at radius 1 is 1.69 bits per heavy atom. The highest BCUT2D eigenvalue weighted by Crippen LogP contribution is 2.34. The maximum Gasteiger partial charge on any atom is 0.0453 e. The van der Waals surface area contributed by atoms with E-state index in [1.165, 1.54) is 13.0 Å². The van der Waals surface area contributed by atoms with Crippen LogP contribution in [0.1, 0.15) is 22.9 Å². The minimum Gasteiger partial charge on any atom is -0.330 e. The van der Waals surface area contributed by atoms with Crippen molar-refractivity contribution < 1.29 is 0 Å². The van der Waals surface area contributed by atoms with Crippen molar-refractivity contribution >= 4 is 11.3 Å². The van der Waals surface area contributed by atoms with E-state index < -0.39 is 0 Å². The second kappa shape index (κ2) is 3.78. The van der Waals surface area contributed by atoms with E-state index in [0.29, 0.717) is 6.04 Å². The van der Waals surface area contributed by atoms with Crippen LogP contribution in [0.5, 0.6) is 0 Å². The van der Waals surface area contributed by atoms with E-state index in [1.807, 2.05) is 11.3 Å². The fraction of sp³-hybridized carbons (Fsp3) is 0.600. The van der Waals surface area contributed by atoms with Crippen molar-refractivity contribution in [2.24, 2.45) is 5.73 Å². The molecule has 0 bridgehead atoms. The molecule has 0 saturated heterocycles. The average molecular weight is 196 g/mol. The van der Waals surface area contributed by atoms with Crippen LogP contribution in [0.3, 0.4) is 0 Å². The maximum absolute atomic E-state index is 5.63. The summed E-state index contributed by atoms with van der Waals surface area (Å²) in [4.78, 5) is 3.96. The number of thiophene rings is 1. The number of fused-ring (bicyclic) bond motifs is 1. The van der Waals surface area contributed by atoms with Gasteiger partial charge in [0.15, 0.2) is 0 Å². The highest BCUT2D eigenvalue weighted by molar-refractivity contribution is 7.10. The molecule has 1 aliphatic heterocycles. The van der Waals surface area contributed by atoms with Crippen molar-refractivity contribution in [2.75, 3.05) is 20.1 Å². The zero-order valence-electron chi connectivity index (χ0n) is 7.99. The van der Waals surface area contributed by atoms with Crippen LogP contribution < -0.4 is 5.73 Å². The van der Waals surface area contributed by atoms with Gasteiger partial charge in [-0.15, -0.1) is 11.3 Å². The number of likely N-dealkylation sites (N-methyl/N-ethyl adjacent to an activating group) is 1. The van der Waals surface area contributed by atoms with Crippen molar-refractivity contribution in [2.45, 2.75) is 18.9 Å². The quantitative estimate of drug-likeness (QED) is 0.779. The van der Waals surface area contributed by atoms with Crippen LogP contribution in [0, 0.1) is 0 Å². The predicted molar refractivity (Wildman–Crippen MR) is 57.1 cm³/mol. The van der Waals surface area contributed by atoms with Crippen LogP contribution in [0.4, 0.5) is 0 Å². The van der Waals surface area contributed by atoms with Gasteiger partial charge < -0.3 is 5.73 Å². The minimum atomic E-state index is 0.578. The molecule has 13 heavy (non-hydrogen) atoms. The summed E-state index contributed by atoms with van der Waals surface area (Å²) in [5.41, 5.74) is 7.17. The molecule has 2 heterocycles. The van der Waals surface area contributed by atoms with Gasteiger partial charge in [-0.25, -0.2) is 0 Å². The van der Waals surface area contributed by atoms with Gasteiger partial charge in [0.1, 0.15) is 0 Å². The second-order valence-corrected chi connectivity index (χ2v) is 4.58. The molecule has 0 aliphatic carbocycles. The minimum absolute atomic E-state index is 0.578. The lowest BCUT2D eigenvalue weighted by molar-refractivity contribution is 0.226. The summed E-state index contributed by atoms with van der Waals surface area (Å²) in [7, 11) is 2.20. The van der Waals surface area contributed by atoms with Crippen LogP contribution in [0.25, 0.3) is 0 Å². The Kier molecular flexibility index (Phi) is 2.67. The first-order chi connectivity index (χ1) is 6.33. The van der Waals surface area contributed by atoms with Crippen LogP contribution in [0.15, 0.2) is 11.4 Å². The maximum atomic E-state index is 5.63. The molecule has 0 fully saturated rings. The first kappa shape index (κ1) is 9.19. The van der Waals surface area contributed by atoms with E-state index in [4.69, 9.17) is 5.73 Å². The van der Waals surface area contributed by atoms with Crippen LogP contribution in [0.2, 0.25) is 0 Å². The Hall–Kier alpha value is -0.380. The molecule has 0 aromatic carbocycles. The largest absolute Gasteiger partial charge is 0.330 e. The zero-order chi connectivity index (χ0) is 9.26. The summed E-state index contributed by atoms with van der Waals surface area (Å²) in [5.74, 6) is 0. The monoisotopic (exact) mass is 196 g/mol.